The Balaban J connectivity index is 1.40. The Kier molecular flexibility index (Phi) is 7.43. The number of amides is 2. The minimum Gasteiger partial charge on any atom is -0.370 e. The van der Waals surface area contributed by atoms with Gasteiger partial charge in [0.1, 0.15) is 0 Å². The van der Waals surface area contributed by atoms with Gasteiger partial charge in [0.25, 0.3) is 0 Å². The topological polar surface area (TPSA) is 53.6 Å². The number of ether oxygens (including phenoxy) is 1. The molecule has 35 heavy (non-hydrogen) atoms. The van der Waals surface area contributed by atoms with Gasteiger partial charge in [0.15, 0.2) is 0 Å². The zero-order valence-corrected chi connectivity index (χ0v) is 20.5. The van der Waals surface area contributed by atoms with E-state index in [0.717, 1.165) is 18.0 Å². The van der Waals surface area contributed by atoms with Crippen molar-refractivity contribution in [3.63, 3.8) is 0 Å². The van der Waals surface area contributed by atoms with Crippen molar-refractivity contribution in [3.8, 4) is 11.1 Å². The summed E-state index contributed by atoms with van der Waals surface area (Å²) >= 11 is 0. The van der Waals surface area contributed by atoms with Crippen molar-refractivity contribution in [2.45, 2.75) is 64.6 Å². The van der Waals surface area contributed by atoms with Gasteiger partial charge < -0.3 is 20.3 Å². The minimum absolute atomic E-state index is 0.0998. The van der Waals surface area contributed by atoms with E-state index in [-0.39, 0.29) is 35.4 Å². The Morgan fingerprint density at radius 3 is 2.34 bits per heavy atom. The number of urea groups is 1. The molecule has 5 nitrogen and oxygen atoms in total. The number of hydrogen-bond donors (Lipinski definition) is 2. The summed E-state index contributed by atoms with van der Waals surface area (Å²) in [5.74, 6) is 0.775. The fourth-order valence-electron chi connectivity index (χ4n) is 4.16. The summed E-state index contributed by atoms with van der Waals surface area (Å²) in [5, 5.41) is 6.27. The number of carbonyl (C=O) groups is 1. The zero-order valence-electron chi connectivity index (χ0n) is 20.5. The van der Waals surface area contributed by atoms with Gasteiger partial charge in [0.05, 0.1) is 31.4 Å². The molecule has 0 atom stereocenters. The molecular formula is C27H34F3N3O2. The largest absolute Gasteiger partial charge is 0.417 e. The molecule has 2 N–H and O–H groups in total. The van der Waals surface area contributed by atoms with Crippen molar-refractivity contribution >= 4 is 6.03 Å². The lowest BCUT2D eigenvalue weighted by atomic mass is 9.94. The van der Waals surface area contributed by atoms with Crippen molar-refractivity contribution in [2.24, 2.45) is 5.92 Å². The molecule has 0 spiro atoms. The third-order valence-corrected chi connectivity index (χ3v) is 6.25. The first kappa shape index (κ1) is 25.5. The maximum atomic E-state index is 14.1. The number of benzene rings is 2. The van der Waals surface area contributed by atoms with Crippen LogP contribution >= 0.6 is 0 Å². The van der Waals surface area contributed by atoms with Crippen LogP contribution in [-0.4, -0.2) is 42.2 Å². The standard InChI is InChI=1S/C27H34F3N3O2/c1-26(2,3)32-25(34)33-15-22(16-33)35-17-21-5-4-6-23(24(21)27(28,29)30)20-11-9-19(10-12-20)14-31-13-18-7-8-18/h4-6,9-12,18,22,31H,7-8,13-17H2,1-3H3,(H,32,34). The fraction of sp³-hybridized carbons (Fsp3) is 0.519. The number of nitrogens with one attached hydrogen (secondary N) is 2. The van der Waals surface area contributed by atoms with Crippen LogP contribution in [0.5, 0.6) is 0 Å². The van der Waals surface area contributed by atoms with Gasteiger partial charge in [-0.3, -0.25) is 0 Å². The highest BCUT2D eigenvalue weighted by atomic mass is 19.4. The number of rotatable bonds is 8. The molecule has 0 bridgehead atoms. The molecular weight excluding hydrogens is 455 g/mol. The Labute approximate surface area is 205 Å². The second-order valence-electron chi connectivity index (χ2n) is 10.6. The van der Waals surface area contributed by atoms with Crippen LogP contribution < -0.4 is 10.6 Å². The lowest BCUT2D eigenvalue weighted by Crippen LogP contribution is -2.60. The van der Waals surface area contributed by atoms with Crippen LogP contribution in [0.2, 0.25) is 0 Å². The van der Waals surface area contributed by atoms with Crippen LogP contribution in [0, 0.1) is 5.92 Å². The quantitative estimate of drug-likeness (QED) is 0.509. The summed E-state index contributed by atoms with van der Waals surface area (Å²) in [7, 11) is 0. The Hall–Kier alpha value is -2.58. The van der Waals surface area contributed by atoms with Crippen LogP contribution in [-0.2, 0) is 24.1 Å². The maximum Gasteiger partial charge on any atom is 0.417 e. The molecule has 0 radical (unpaired) electrons. The molecule has 1 aliphatic carbocycles. The van der Waals surface area contributed by atoms with Crippen molar-refractivity contribution in [3.05, 3.63) is 59.2 Å². The summed E-state index contributed by atoms with van der Waals surface area (Å²) in [6.45, 7) is 7.94. The second kappa shape index (κ2) is 10.2. The minimum atomic E-state index is -4.52. The summed E-state index contributed by atoms with van der Waals surface area (Å²) in [6, 6.07) is 11.7. The van der Waals surface area contributed by atoms with Crippen LogP contribution in [0.25, 0.3) is 11.1 Å². The average Bonchev–Trinajstić information content (AvgIpc) is 3.55. The lowest BCUT2D eigenvalue weighted by molar-refractivity contribution is -0.139. The van der Waals surface area contributed by atoms with Crippen molar-refractivity contribution in [1.82, 2.24) is 15.5 Å². The molecule has 2 aromatic carbocycles. The van der Waals surface area contributed by atoms with Gasteiger partial charge in [-0.2, -0.15) is 13.2 Å². The molecule has 0 unspecified atom stereocenters. The number of hydrogen-bond acceptors (Lipinski definition) is 3. The zero-order chi connectivity index (χ0) is 25.2. The molecule has 8 heteroatoms. The first-order valence-electron chi connectivity index (χ1n) is 12.2. The van der Waals surface area contributed by atoms with Gasteiger partial charge in [-0.25, -0.2) is 4.79 Å². The monoisotopic (exact) mass is 489 g/mol. The van der Waals surface area contributed by atoms with E-state index in [1.54, 1.807) is 23.1 Å². The number of nitrogens with zero attached hydrogens (tertiary/aromatic N) is 1. The van der Waals surface area contributed by atoms with Gasteiger partial charge in [-0.15, -0.1) is 0 Å². The van der Waals surface area contributed by atoms with Crippen LogP contribution in [0.3, 0.4) is 0 Å². The molecule has 2 aliphatic rings. The van der Waals surface area contributed by atoms with E-state index in [9.17, 15) is 18.0 Å². The Morgan fingerprint density at radius 2 is 1.74 bits per heavy atom. The molecule has 1 saturated carbocycles. The number of likely N-dealkylation sites (tertiary alicyclic amines) is 1. The highest BCUT2D eigenvalue weighted by Crippen LogP contribution is 2.40. The van der Waals surface area contributed by atoms with Gasteiger partial charge in [-0.05, 0) is 68.3 Å². The van der Waals surface area contributed by atoms with E-state index >= 15 is 0 Å². The van der Waals surface area contributed by atoms with Crippen molar-refractivity contribution in [1.29, 1.82) is 0 Å². The molecule has 2 amide bonds. The second-order valence-corrected chi connectivity index (χ2v) is 10.6. The van der Waals surface area contributed by atoms with E-state index < -0.39 is 11.7 Å². The van der Waals surface area contributed by atoms with E-state index in [4.69, 9.17) is 4.74 Å². The molecule has 1 aliphatic heterocycles. The molecule has 0 aromatic heterocycles. The highest BCUT2D eigenvalue weighted by Gasteiger charge is 2.38. The lowest BCUT2D eigenvalue weighted by Gasteiger charge is -2.40. The van der Waals surface area contributed by atoms with Crippen LogP contribution in [0.1, 0.15) is 50.3 Å². The summed E-state index contributed by atoms with van der Waals surface area (Å²) < 4.78 is 48.2. The number of alkyl halides is 3. The van der Waals surface area contributed by atoms with Crippen LogP contribution in [0.15, 0.2) is 42.5 Å². The predicted molar refractivity (Wildman–Crippen MR) is 130 cm³/mol. The Morgan fingerprint density at radius 1 is 1.06 bits per heavy atom. The average molecular weight is 490 g/mol. The number of halogens is 3. The normalized spacial score (nSPS) is 16.8. The third kappa shape index (κ3) is 6.98. The first-order valence-corrected chi connectivity index (χ1v) is 12.2. The van der Waals surface area contributed by atoms with Crippen molar-refractivity contribution in [2.75, 3.05) is 19.6 Å². The fourth-order valence-corrected chi connectivity index (χ4v) is 4.16. The summed E-state index contributed by atoms with van der Waals surface area (Å²) in [6.07, 6.45) is -2.25. The van der Waals surface area contributed by atoms with Crippen molar-refractivity contribution < 1.29 is 22.7 Å². The molecule has 190 valence electrons. The number of carbonyl (C=O) groups excluding carboxylic acids is 1. The summed E-state index contributed by atoms with van der Waals surface area (Å²) in [4.78, 5) is 13.8. The highest BCUT2D eigenvalue weighted by molar-refractivity contribution is 5.76. The smallest absolute Gasteiger partial charge is 0.370 e. The van der Waals surface area contributed by atoms with E-state index in [0.29, 0.717) is 25.2 Å². The SMILES string of the molecule is CC(C)(C)NC(=O)N1CC(OCc2cccc(-c3ccc(CNCC4CC4)cc3)c2C(F)(F)F)C1. The van der Waals surface area contributed by atoms with Gasteiger partial charge in [0, 0.05) is 12.1 Å². The maximum absolute atomic E-state index is 14.1. The Bertz CT molecular complexity index is 1020. The van der Waals surface area contributed by atoms with E-state index in [2.05, 4.69) is 10.6 Å². The molecule has 2 fully saturated rings. The molecule has 2 aromatic rings. The first-order chi connectivity index (χ1) is 16.5. The summed E-state index contributed by atoms with van der Waals surface area (Å²) in [5.41, 5.74) is 0.808. The van der Waals surface area contributed by atoms with E-state index in [1.807, 2.05) is 32.9 Å². The molecule has 1 heterocycles. The van der Waals surface area contributed by atoms with Gasteiger partial charge in [0.2, 0.25) is 0 Å². The van der Waals surface area contributed by atoms with Gasteiger partial charge in [-0.1, -0.05) is 42.5 Å². The van der Waals surface area contributed by atoms with E-state index in [1.165, 1.54) is 25.0 Å². The van der Waals surface area contributed by atoms with Gasteiger partial charge >= 0.3 is 12.2 Å². The molecule has 4 rings (SSSR count). The third-order valence-electron chi connectivity index (χ3n) is 6.25. The van der Waals surface area contributed by atoms with Crippen LogP contribution in [0.4, 0.5) is 18.0 Å². The molecule has 1 saturated heterocycles. The predicted octanol–water partition coefficient (Wildman–Crippen LogP) is 5.58.